The van der Waals surface area contributed by atoms with Crippen LogP contribution in [0.25, 0.3) is 5.65 Å². The molecule has 29 heavy (non-hydrogen) atoms. The standard InChI is InChI=1S/C22H19N5O2/c1-15(24-22(29)18-10-11-20-26-23-14-27(20)13-18)17-8-5-9-19(12-17)25-21(28)16-6-3-2-4-7-16/h2-15H,1H3,(H,24,29)(H,25,28). The largest absolute Gasteiger partial charge is 0.345 e. The first-order valence-electron chi connectivity index (χ1n) is 9.17. The molecule has 2 N–H and O–H groups in total. The molecule has 0 bridgehead atoms. The third-order valence-corrected chi connectivity index (χ3v) is 4.58. The van der Waals surface area contributed by atoms with Crippen LogP contribution in [0, 0.1) is 0 Å². The number of pyridine rings is 1. The first-order chi connectivity index (χ1) is 14.1. The lowest BCUT2D eigenvalue weighted by atomic mass is 10.1. The zero-order chi connectivity index (χ0) is 20.2. The zero-order valence-electron chi connectivity index (χ0n) is 15.7. The molecule has 2 aromatic carbocycles. The number of carbonyl (C=O) groups is 2. The highest BCUT2D eigenvalue weighted by molar-refractivity contribution is 6.04. The van der Waals surface area contributed by atoms with Crippen molar-refractivity contribution in [2.45, 2.75) is 13.0 Å². The number of aromatic nitrogens is 3. The average Bonchev–Trinajstić information content (AvgIpc) is 3.22. The van der Waals surface area contributed by atoms with Gasteiger partial charge in [-0.25, -0.2) is 0 Å². The second kappa shape index (κ2) is 7.93. The Morgan fingerprint density at radius 1 is 0.931 bits per heavy atom. The van der Waals surface area contributed by atoms with Crippen molar-refractivity contribution in [3.05, 3.63) is 95.9 Å². The number of anilines is 1. The number of hydrogen-bond donors (Lipinski definition) is 2. The summed E-state index contributed by atoms with van der Waals surface area (Å²) in [6, 6.07) is 19.7. The zero-order valence-corrected chi connectivity index (χ0v) is 15.7. The van der Waals surface area contributed by atoms with Crippen LogP contribution in [0.4, 0.5) is 5.69 Å². The molecule has 0 aliphatic rings. The number of amides is 2. The summed E-state index contributed by atoms with van der Waals surface area (Å²) in [7, 11) is 0. The maximum absolute atomic E-state index is 12.6. The van der Waals surface area contributed by atoms with Gasteiger partial charge in [-0.2, -0.15) is 0 Å². The minimum atomic E-state index is -0.243. The lowest BCUT2D eigenvalue weighted by Gasteiger charge is -2.16. The van der Waals surface area contributed by atoms with Gasteiger partial charge in [-0.3, -0.25) is 14.0 Å². The molecule has 7 heteroatoms. The van der Waals surface area contributed by atoms with Crippen LogP contribution in [0.15, 0.2) is 79.3 Å². The number of hydrogen-bond acceptors (Lipinski definition) is 4. The Labute approximate surface area is 167 Å². The predicted molar refractivity (Wildman–Crippen MR) is 110 cm³/mol. The summed E-state index contributed by atoms with van der Waals surface area (Å²) in [4.78, 5) is 25.0. The highest BCUT2D eigenvalue weighted by Gasteiger charge is 2.13. The Morgan fingerprint density at radius 3 is 2.59 bits per heavy atom. The number of nitrogens with one attached hydrogen (secondary N) is 2. The number of carbonyl (C=O) groups excluding carboxylic acids is 2. The number of rotatable bonds is 5. The van der Waals surface area contributed by atoms with Crippen LogP contribution in [-0.2, 0) is 0 Å². The van der Waals surface area contributed by atoms with E-state index < -0.39 is 0 Å². The highest BCUT2D eigenvalue weighted by Crippen LogP contribution is 2.19. The molecule has 0 spiro atoms. The molecule has 2 amide bonds. The molecule has 0 aliphatic heterocycles. The van der Waals surface area contributed by atoms with Crippen LogP contribution >= 0.6 is 0 Å². The van der Waals surface area contributed by atoms with E-state index in [9.17, 15) is 9.59 Å². The van der Waals surface area contributed by atoms with E-state index in [2.05, 4.69) is 20.8 Å². The van der Waals surface area contributed by atoms with Gasteiger partial charge in [-0.05, 0) is 48.9 Å². The van der Waals surface area contributed by atoms with E-state index in [1.54, 1.807) is 41.2 Å². The van der Waals surface area contributed by atoms with Gasteiger partial charge < -0.3 is 10.6 Å². The molecule has 1 unspecified atom stereocenters. The van der Waals surface area contributed by atoms with Crippen molar-refractivity contribution in [1.29, 1.82) is 0 Å². The summed E-state index contributed by atoms with van der Waals surface area (Å²) >= 11 is 0. The summed E-state index contributed by atoms with van der Waals surface area (Å²) in [5, 5.41) is 13.6. The first-order valence-corrected chi connectivity index (χ1v) is 9.17. The summed E-state index contributed by atoms with van der Waals surface area (Å²) < 4.78 is 1.69. The number of fused-ring (bicyclic) bond motifs is 1. The molecule has 7 nitrogen and oxygen atoms in total. The summed E-state index contributed by atoms with van der Waals surface area (Å²) in [5.41, 5.74) is 3.33. The Bertz CT molecular complexity index is 1170. The van der Waals surface area contributed by atoms with E-state index >= 15 is 0 Å². The van der Waals surface area contributed by atoms with E-state index in [4.69, 9.17) is 0 Å². The lowest BCUT2D eigenvalue weighted by Crippen LogP contribution is -2.27. The van der Waals surface area contributed by atoms with Crippen LogP contribution < -0.4 is 10.6 Å². The van der Waals surface area contributed by atoms with E-state index in [-0.39, 0.29) is 17.9 Å². The summed E-state index contributed by atoms with van der Waals surface area (Å²) in [6.07, 6.45) is 3.24. The summed E-state index contributed by atoms with van der Waals surface area (Å²) in [5.74, 6) is -0.381. The fraction of sp³-hybridized carbons (Fsp3) is 0.0909. The van der Waals surface area contributed by atoms with Crippen molar-refractivity contribution in [2.24, 2.45) is 0 Å². The summed E-state index contributed by atoms with van der Waals surface area (Å²) in [6.45, 7) is 1.90. The fourth-order valence-corrected chi connectivity index (χ4v) is 3.00. The van der Waals surface area contributed by atoms with Crippen molar-refractivity contribution in [2.75, 3.05) is 5.32 Å². The maximum Gasteiger partial charge on any atom is 0.255 e. The van der Waals surface area contributed by atoms with E-state index in [0.29, 0.717) is 22.5 Å². The van der Waals surface area contributed by atoms with Gasteiger partial charge in [0.25, 0.3) is 11.8 Å². The molecule has 4 rings (SSSR count). The molecule has 4 aromatic rings. The fourth-order valence-electron chi connectivity index (χ4n) is 3.00. The van der Waals surface area contributed by atoms with E-state index in [1.807, 2.05) is 49.4 Å². The van der Waals surface area contributed by atoms with Crippen molar-refractivity contribution in [3.8, 4) is 0 Å². The van der Waals surface area contributed by atoms with Gasteiger partial charge in [0.2, 0.25) is 0 Å². The van der Waals surface area contributed by atoms with Gasteiger partial charge in [0.1, 0.15) is 6.33 Å². The number of nitrogens with zero attached hydrogens (tertiary/aromatic N) is 3. The van der Waals surface area contributed by atoms with Crippen molar-refractivity contribution >= 4 is 23.1 Å². The Hall–Kier alpha value is -4.00. The quantitative estimate of drug-likeness (QED) is 0.551. The second-order valence-electron chi connectivity index (χ2n) is 6.65. The molecule has 2 aromatic heterocycles. The van der Waals surface area contributed by atoms with Crippen LogP contribution in [0.2, 0.25) is 0 Å². The van der Waals surface area contributed by atoms with Crippen LogP contribution in [0.1, 0.15) is 39.2 Å². The van der Waals surface area contributed by atoms with Gasteiger partial charge in [0.15, 0.2) is 5.65 Å². The van der Waals surface area contributed by atoms with Crippen molar-refractivity contribution in [1.82, 2.24) is 19.9 Å². The van der Waals surface area contributed by atoms with Gasteiger partial charge in [0, 0.05) is 17.4 Å². The molecule has 0 saturated heterocycles. The van der Waals surface area contributed by atoms with Crippen LogP contribution in [0.3, 0.4) is 0 Å². The topological polar surface area (TPSA) is 88.4 Å². The molecule has 0 saturated carbocycles. The van der Waals surface area contributed by atoms with Gasteiger partial charge >= 0.3 is 0 Å². The molecule has 0 fully saturated rings. The lowest BCUT2D eigenvalue weighted by molar-refractivity contribution is 0.0938. The van der Waals surface area contributed by atoms with E-state index in [0.717, 1.165) is 5.56 Å². The maximum atomic E-state index is 12.6. The third kappa shape index (κ3) is 4.14. The Morgan fingerprint density at radius 2 is 1.76 bits per heavy atom. The molecule has 144 valence electrons. The molecular formula is C22H19N5O2. The van der Waals surface area contributed by atoms with Crippen LogP contribution in [0.5, 0.6) is 0 Å². The SMILES string of the molecule is CC(NC(=O)c1ccc2nncn2c1)c1cccc(NC(=O)c2ccccc2)c1. The first kappa shape index (κ1) is 18.4. The van der Waals surface area contributed by atoms with Gasteiger partial charge in [-0.15, -0.1) is 10.2 Å². The molecule has 2 heterocycles. The van der Waals surface area contributed by atoms with Crippen molar-refractivity contribution < 1.29 is 9.59 Å². The second-order valence-corrected chi connectivity index (χ2v) is 6.65. The van der Waals surface area contributed by atoms with Crippen molar-refractivity contribution in [3.63, 3.8) is 0 Å². The molecule has 1 atom stereocenters. The minimum Gasteiger partial charge on any atom is -0.345 e. The minimum absolute atomic E-state index is 0.179. The Balaban J connectivity index is 1.45. The van der Waals surface area contributed by atoms with E-state index in [1.165, 1.54) is 0 Å². The smallest absolute Gasteiger partial charge is 0.255 e. The highest BCUT2D eigenvalue weighted by atomic mass is 16.2. The Kier molecular flexibility index (Phi) is 5.03. The monoisotopic (exact) mass is 385 g/mol. The molecule has 0 aliphatic carbocycles. The normalized spacial score (nSPS) is 11.8. The van der Waals surface area contributed by atoms with Crippen LogP contribution in [-0.4, -0.2) is 26.4 Å². The molecular weight excluding hydrogens is 366 g/mol. The molecule has 0 radical (unpaired) electrons. The third-order valence-electron chi connectivity index (χ3n) is 4.58. The average molecular weight is 385 g/mol. The number of benzene rings is 2. The predicted octanol–water partition coefficient (Wildman–Crippen LogP) is 3.47. The van der Waals surface area contributed by atoms with Gasteiger partial charge in [0.05, 0.1) is 11.6 Å². The van der Waals surface area contributed by atoms with Gasteiger partial charge in [-0.1, -0.05) is 30.3 Å².